The van der Waals surface area contributed by atoms with E-state index in [1.165, 1.54) is 6.20 Å². The van der Waals surface area contributed by atoms with E-state index in [0.717, 1.165) is 11.3 Å². The van der Waals surface area contributed by atoms with Crippen molar-refractivity contribution in [1.29, 1.82) is 0 Å². The Bertz CT molecular complexity index is 1240. The SMILES string of the molecule is CC(C)(C)n1cc(C(=O)NNC(=O)c2cn(-c3ccccc3)nc2-c2ccccc2)cn1. The highest BCUT2D eigenvalue weighted by atomic mass is 16.2. The molecule has 2 aromatic heterocycles. The number of aromatic nitrogens is 4. The van der Waals surface area contributed by atoms with Crippen molar-refractivity contribution in [2.75, 3.05) is 0 Å². The van der Waals surface area contributed by atoms with Crippen LogP contribution >= 0.6 is 0 Å². The third-order valence-corrected chi connectivity index (χ3v) is 4.85. The smallest absolute Gasteiger partial charge is 0.267 e. The standard InChI is InChI=1S/C24H24N6O2/c1-24(2,3)30-15-18(14-25-30)22(31)26-27-23(32)20-16-29(19-12-8-5-9-13-19)28-21(20)17-10-6-4-7-11-17/h4-16H,1-3H3,(H,26,31)(H,27,32). The van der Waals surface area contributed by atoms with Crippen molar-refractivity contribution in [3.8, 4) is 16.9 Å². The summed E-state index contributed by atoms with van der Waals surface area (Å²) in [6, 6.07) is 18.9. The van der Waals surface area contributed by atoms with E-state index in [1.807, 2.05) is 81.4 Å². The fourth-order valence-corrected chi connectivity index (χ4v) is 3.12. The Labute approximate surface area is 185 Å². The van der Waals surface area contributed by atoms with Gasteiger partial charge in [0.2, 0.25) is 0 Å². The summed E-state index contributed by atoms with van der Waals surface area (Å²) >= 11 is 0. The predicted molar refractivity (Wildman–Crippen MR) is 121 cm³/mol. The van der Waals surface area contributed by atoms with E-state index < -0.39 is 11.8 Å². The van der Waals surface area contributed by atoms with Crippen LogP contribution in [-0.2, 0) is 5.54 Å². The zero-order chi connectivity index (χ0) is 22.7. The van der Waals surface area contributed by atoms with Gasteiger partial charge in [0.05, 0.1) is 28.6 Å². The number of para-hydroxylation sites is 1. The molecular formula is C24H24N6O2. The van der Waals surface area contributed by atoms with Gasteiger partial charge >= 0.3 is 0 Å². The molecule has 8 heteroatoms. The molecule has 4 aromatic rings. The molecule has 0 aliphatic rings. The monoisotopic (exact) mass is 428 g/mol. The van der Waals surface area contributed by atoms with E-state index in [0.29, 0.717) is 16.8 Å². The van der Waals surface area contributed by atoms with Gasteiger partial charge in [0.1, 0.15) is 5.69 Å². The lowest BCUT2D eigenvalue weighted by Crippen LogP contribution is -2.41. The van der Waals surface area contributed by atoms with E-state index in [9.17, 15) is 9.59 Å². The molecule has 0 saturated heterocycles. The number of nitrogens with one attached hydrogen (secondary N) is 2. The molecule has 0 atom stereocenters. The highest BCUT2D eigenvalue weighted by molar-refractivity contribution is 6.02. The second-order valence-electron chi connectivity index (χ2n) is 8.29. The number of amides is 2. The molecular weight excluding hydrogens is 404 g/mol. The van der Waals surface area contributed by atoms with E-state index in [4.69, 9.17) is 0 Å². The van der Waals surface area contributed by atoms with Crippen molar-refractivity contribution in [3.63, 3.8) is 0 Å². The first-order valence-electron chi connectivity index (χ1n) is 10.2. The van der Waals surface area contributed by atoms with Gasteiger partial charge < -0.3 is 0 Å². The summed E-state index contributed by atoms with van der Waals surface area (Å²) in [5.41, 5.74) is 7.52. The summed E-state index contributed by atoms with van der Waals surface area (Å²) in [4.78, 5) is 25.5. The minimum Gasteiger partial charge on any atom is -0.267 e. The summed E-state index contributed by atoms with van der Waals surface area (Å²) < 4.78 is 3.34. The second kappa shape index (κ2) is 8.50. The highest BCUT2D eigenvalue weighted by Crippen LogP contribution is 2.23. The molecule has 8 nitrogen and oxygen atoms in total. The average Bonchev–Trinajstić information content (AvgIpc) is 3.46. The van der Waals surface area contributed by atoms with Crippen LogP contribution < -0.4 is 10.9 Å². The van der Waals surface area contributed by atoms with E-state index in [-0.39, 0.29) is 5.54 Å². The molecule has 0 fully saturated rings. The van der Waals surface area contributed by atoms with Crippen LogP contribution in [0.15, 0.2) is 79.3 Å². The van der Waals surface area contributed by atoms with Gasteiger partial charge in [-0.1, -0.05) is 48.5 Å². The van der Waals surface area contributed by atoms with Gasteiger partial charge in [0.25, 0.3) is 11.8 Å². The number of hydrogen-bond donors (Lipinski definition) is 2. The zero-order valence-corrected chi connectivity index (χ0v) is 18.1. The van der Waals surface area contributed by atoms with E-state index >= 15 is 0 Å². The molecule has 0 bridgehead atoms. The Morgan fingerprint density at radius 2 is 1.47 bits per heavy atom. The molecule has 0 unspecified atom stereocenters. The van der Waals surface area contributed by atoms with Gasteiger partial charge in [-0.25, -0.2) is 4.68 Å². The molecule has 2 heterocycles. The largest absolute Gasteiger partial charge is 0.273 e. The Kier molecular flexibility index (Phi) is 5.59. The zero-order valence-electron chi connectivity index (χ0n) is 18.1. The molecule has 2 N–H and O–H groups in total. The molecule has 2 aromatic carbocycles. The number of hydrogen-bond acceptors (Lipinski definition) is 4. The molecule has 0 radical (unpaired) electrons. The average molecular weight is 428 g/mol. The Morgan fingerprint density at radius 1 is 0.844 bits per heavy atom. The van der Waals surface area contributed by atoms with Crippen LogP contribution in [0.3, 0.4) is 0 Å². The summed E-state index contributed by atoms with van der Waals surface area (Å²) in [7, 11) is 0. The third-order valence-electron chi connectivity index (χ3n) is 4.85. The van der Waals surface area contributed by atoms with Crippen molar-refractivity contribution in [2.24, 2.45) is 0 Å². The first-order valence-corrected chi connectivity index (χ1v) is 10.2. The predicted octanol–water partition coefficient (Wildman–Crippen LogP) is 3.57. The van der Waals surface area contributed by atoms with Gasteiger partial charge in [-0.3, -0.25) is 25.1 Å². The Morgan fingerprint density at radius 3 is 2.09 bits per heavy atom. The van der Waals surface area contributed by atoms with E-state index in [2.05, 4.69) is 21.0 Å². The van der Waals surface area contributed by atoms with Crippen LogP contribution in [0.2, 0.25) is 0 Å². The number of hydrazine groups is 1. The van der Waals surface area contributed by atoms with Crippen LogP contribution in [-0.4, -0.2) is 31.4 Å². The molecule has 32 heavy (non-hydrogen) atoms. The Balaban J connectivity index is 1.57. The molecule has 4 rings (SSSR count). The van der Waals surface area contributed by atoms with Crippen molar-refractivity contribution in [2.45, 2.75) is 26.3 Å². The van der Waals surface area contributed by atoms with Crippen LogP contribution in [0, 0.1) is 0 Å². The van der Waals surface area contributed by atoms with Crippen LogP contribution in [0.5, 0.6) is 0 Å². The summed E-state index contributed by atoms with van der Waals surface area (Å²) in [6.45, 7) is 5.96. The van der Waals surface area contributed by atoms with Crippen molar-refractivity contribution in [1.82, 2.24) is 30.4 Å². The molecule has 0 aliphatic heterocycles. The Hall–Kier alpha value is -4.20. The molecule has 162 valence electrons. The van der Waals surface area contributed by atoms with Gasteiger partial charge in [-0.15, -0.1) is 0 Å². The maximum Gasteiger partial charge on any atom is 0.273 e. The minimum atomic E-state index is -0.470. The number of carbonyl (C=O) groups excluding carboxylic acids is 2. The summed E-state index contributed by atoms with van der Waals surface area (Å²) in [5.74, 6) is -0.923. The van der Waals surface area contributed by atoms with Crippen LogP contribution in [0.25, 0.3) is 16.9 Å². The van der Waals surface area contributed by atoms with Gasteiger partial charge in [-0.2, -0.15) is 10.2 Å². The maximum atomic E-state index is 13.0. The molecule has 2 amide bonds. The molecule has 0 aliphatic carbocycles. The second-order valence-corrected chi connectivity index (χ2v) is 8.29. The summed E-state index contributed by atoms with van der Waals surface area (Å²) in [5, 5.41) is 8.83. The van der Waals surface area contributed by atoms with Crippen molar-refractivity contribution < 1.29 is 9.59 Å². The van der Waals surface area contributed by atoms with Gasteiger partial charge in [0, 0.05) is 18.0 Å². The number of nitrogens with zero attached hydrogens (tertiary/aromatic N) is 4. The van der Waals surface area contributed by atoms with Gasteiger partial charge in [0.15, 0.2) is 0 Å². The fourth-order valence-electron chi connectivity index (χ4n) is 3.12. The van der Waals surface area contributed by atoms with Crippen LogP contribution in [0.4, 0.5) is 0 Å². The number of benzene rings is 2. The molecule has 0 spiro atoms. The lowest BCUT2D eigenvalue weighted by Gasteiger charge is -2.18. The number of rotatable bonds is 4. The van der Waals surface area contributed by atoms with Crippen LogP contribution in [0.1, 0.15) is 41.5 Å². The first-order chi connectivity index (χ1) is 15.3. The normalized spacial score (nSPS) is 11.2. The van der Waals surface area contributed by atoms with Crippen molar-refractivity contribution >= 4 is 11.8 Å². The first kappa shape index (κ1) is 21.0. The topological polar surface area (TPSA) is 93.8 Å². The van der Waals surface area contributed by atoms with E-state index in [1.54, 1.807) is 21.8 Å². The minimum absolute atomic E-state index is 0.252. The lowest BCUT2D eigenvalue weighted by molar-refractivity contribution is 0.0847. The van der Waals surface area contributed by atoms with Crippen molar-refractivity contribution in [3.05, 3.63) is 90.4 Å². The highest BCUT2D eigenvalue weighted by Gasteiger charge is 2.20. The molecule has 0 saturated carbocycles. The maximum absolute atomic E-state index is 13.0. The van der Waals surface area contributed by atoms with Gasteiger partial charge in [-0.05, 0) is 32.9 Å². The summed E-state index contributed by atoms with van der Waals surface area (Å²) in [6.07, 6.45) is 4.76. The fraction of sp³-hybridized carbons (Fsp3) is 0.167. The number of carbonyl (C=O) groups is 2. The lowest BCUT2D eigenvalue weighted by atomic mass is 10.1. The quantitative estimate of drug-likeness (QED) is 0.486. The third kappa shape index (κ3) is 4.44.